The fraction of sp³-hybridized carbons (Fsp3) is 0.435. The second-order valence-electron chi connectivity index (χ2n) is 8.13. The minimum Gasteiger partial charge on any atom is -0.381 e. The zero-order valence-corrected chi connectivity index (χ0v) is 17.0. The van der Waals surface area contributed by atoms with Crippen molar-refractivity contribution in [3.05, 3.63) is 69.8 Å². The van der Waals surface area contributed by atoms with E-state index in [9.17, 15) is 14.9 Å². The number of likely N-dealkylation sites (tertiary alicyclic amines) is 1. The largest absolute Gasteiger partial charge is 0.381 e. The second-order valence-corrected chi connectivity index (χ2v) is 8.13. The van der Waals surface area contributed by atoms with Crippen molar-refractivity contribution >= 4 is 17.2 Å². The molecule has 0 aliphatic carbocycles. The van der Waals surface area contributed by atoms with Crippen LogP contribution in [0.2, 0.25) is 0 Å². The lowest BCUT2D eigenvalue weighted by Crippen LogP contribution is -2.41. The van der Waals surface area contributed by atoms with Gasteiger partial charge < -0.3 is 15.0 Å². The zero-order chi connectivity index (χ0) is 20.9. The van der Waals surface area contributed by atoms with Crippen LogP contribution in [-0.2, 0) is 4.74 Å². The van der Waals surface area contributed by atoms with Crippen molar-refractivity contribution in [2.24, 2.45) is 5.92 Å². The highest BCUT2D eigenvalue weighted by molar-refractivity contribution is 6.09. The average Bonchev–Trinajstić information content (AvgIpc) is 3.28. The molecule has 2 saturated heterocycles. The molecular formula is C23H27N3O4. The first-order chi connectivity index (χ1) is 14.6. The molecule has 158 valence electrons. The van der Waals surface area contributed by atoms with E-state index >= 15 is 0 Å². The SMILES string of the molecule is O=C(c1ccccc1)c1ccc(NC2CCN(CC3CCOC3)CC2)c([N+](=O)[O-])c1. The molecule has 2 fully saturated rings. The van der Waals surface area contributed by atoms with Crippen molar-refractivity contribution < 1.29 is 14.5 Å². The Morgan fingerprint density at radius 1 is 1.10 bits per heavy atom. The van der Waals surface area contributed by atoms with Crippen LogP contribution in [0, 0.1) is 16.0 Å². The van der Waals surface area contributed by atoms with Crippen LogP contribution < -0.4 is 5.32 Å². The molecule has 7 nitrogen and oxygen atoms in total. The van der Waals surface area contributed by atoms with Gasteiger partial charge in [-0.15, -0.1) is 0 Å². The molecule has 0 spiro atoms. The van der Waals surface area contributed by atoms with E-state index in [1.807, 2.05) is 6.07 Å². The highest BCUT2D eigenvalue weighted by atomic mass is 16.6. The lowest BCUT2D eigenvalue weighted by molar-refractivity contribution is -0.384. The van der Waals surface area contributed by atoms with Gasteiger partial charge in [0.15, 0.2) is 5.78 Å². The first-order valence-corrected chi connectivity index (χ1v) is 10.5. The molecule has 0 radical (unpaired) electrons. The number of nitro groups is 1. The number of benzene rings is 2. The number of piperidine rings is 1. The topological polar surface area (TPSA) is 84.7 Å². The molecule has 30 heavy (non-hydrogen) atoms. The van der Waals surface area contributed by atoms with Crippen molar-refractivity contribution in [3.63, 3.8) is 0 Å². The third kappa shape index (κ3) is 4.86. The molecule has 0 aromatic heterocycles. The van der Waals surface area contributed by atoms with Crippen LogP contribution in [0.4, 0.5) is 11.4 Å². The van der Waals surface area contributed by atoms with Crippen LogP contribution in [0.1, 0.15) is 35.2 Å². The number of nitro benzene ring substituents is 1. The Kier molecular flexibility index (Phi) is 6.40. The Balaban J connectivity index is 1.40. The number of carbonyl (C=O) groups is 1. The molecule has 4 rings (SSSR count). The number of rotatable bonds is 7. The molecule has 2 aliphatic rings. The van der Waals surface area contributed by atoms with Gasteiger partial charge in [-0.05, 0) is 37.3 Å². The summed E-state index contributed by atoms with van der Waals surface area (Å²) in [5.74, 6) is 0.416. The monoisotopic (exact) mass is 409 g/mol. The lowest BCUT2D eigenvalue weighted by Gasteiger charge is -2.34. The van der Waals surface area contributed by atoms with Crippen molar-refractivity contribution in [1.82, 2.24) is 4.90 Å². The van der Waals surface area contributed by atoms with Crippen LogP contribution in [0.25, 0.3) is 0 Å². The maximum Gasteiger partial charge on any atom is 0.293 e. The van der Waals surface area contributed by atoms with Gasteiger partial charge in [-0.2, -0.15) is 0 Å². The Morgan fingerprint density at radius 2 is 1.87 bits per heavy atom. The summed E-state index contributed by atoms with van der Waals surface area (Å²) in [5.41, 5.74) is 1.27. The molecular weight excluding hydrogens is 382 g/mol. The van der Waals surface area contributed by atoms with Crippen molar-refractivity contribution in [2.75, 3.05) is 38.2 Å². The molecule has 2 aliphatic heterocycles. The van der Waals surface area contributed by atoms with Crippen LogP contribution >= 0.6 is 0 Å². The summed E-state index contributed by atoms with van der Waals surface area (Å²) in [6, 6.07) is 13.7. The van der Waals surface area contributed by atoms with Gasteiger partial charge in [-0.1, -0.05) is 30.3 Å². The van der Waals surface area contributed by atoms with Gasteiger partial charge in [0.25, 0.3) is 5.69 Å². The highest BCUT2D eigenvalue weighted by Crippen LogP contribution is 2.29. The number of nitrogens with zero attached hydrogens (tertiary/aromatic N) is 2. The Morgan fingerprint density at radius 3 is 2.53 bits per heavy atom. The fourth-order valence-corrected chi connectivity index (χ4v) is 4.27. The predicted molar refractivity (Wildman–Crippen MR) is 115 cm³/mol. The fourth-order valence-electron chi connectivity index (χ4n) is 4.27. The van der Waals surface area contributed by atoms with E-state index in [1.165, 1.54) is 6.07 Å². The molecule has 2 aromatic carbocycles. The third-order valence-electron chi connectivity index (χ3n) is 5.98. The number of ketones is 1. The number of carbonyl (C=O) groups excluding carboxylic acids is 1. The maximum atomic E-state index is 12.6. The van der Waals surface area contributed by atoms with E-state index in [1.54, 1.807) is 36.4 Å². The van der Waals surface area contributed by atoms with Gasteiger partial charge in [0.2, 0.25) is 0 Å². The predicted octanol–water partition coefficient (Wildman–Crippen LogP) is 3.74. The molecule has 0 bridgehead atoms. The molecule has 2 aromatic rings. The maximum absolute atomic E-state index is 12.6. The standard InChI is InChI=1S/C23H27N3O4/c27-23(18-4-2-1-3-5-18)19-6-7-21(22(14-19)26(28)29)24-20-8-11-25(12-9-20)15-17-10-13-30-16-17/h1-7,14,17,20,24H,8-13,15-16H2. The Labute approximate surface area is 176 Å². The van der Waals surface area contributed by atoms with E-state index in [2.05, 4.69) is 10.2 Å². The van der Waals surface area contributed by atoms with Gasteiger partial charge in [-0.25, -0.2) is 0 Å². The molecule has 7 heteroatoms. The first-order valence-electron chi connectivity index (χ1n) is 10.5. The average molecular weight is 409 g/mol. The van der Waals surface area contributed by atoms with Gasteiger partial charge >= 0.3 is 0 Å². The highest BCUT2D eigenvalue weighted by Gasteiger charge is 2.26. The van der Waals surface area contributed by atoms with Crippen molar-refractivity contribution in [2.45, 2.75) is 25.3 Å². The number of anilines is 1. The van der Waals surface area contributed by atoms with E-state index in [4.69, 9.17) is 4.74 Å². The summed E-state index contributed by atoms with van der Waals surface area (Å²) in [7, 11) is 0. The lowest BCUT2D eigenvalue weighted by atomic mass is 10.0. The van der Waals surface area contributed by atoms with Crippen molar-refractivity contribution in [1.29, 1.82) is 0 Å². The zero-order valence-electron chi connectivity index (χ0n) is 17.0. The minimum absolute atomic E-state index is 0.0534. The van der Waals surface area contributed by atoms with Crippen molar-refractivity contribution in [3.8, 4) is 0 Å². The summed E-state index contributed by atoms with van der Waals surface area (Å²) in [6.45, 7) is 4.76. The third-order valence-corrected chi connectivity index (χ3v) is 5.98. The summed E-state index contributed by atoms with van der Waals surface area (Å²) >= 11 is 0. The minimum atomic E-state index is -0.417. The first kappa shape index (κ1) is 20.5. The molecule has 1 unspecified atom stereocenters. The van der Waals surface area contributed by atoms with Gasteiger partial charge in [0, 0.05) is 49.5 Å². The summed E-state index contributed by atoms with van der Waals surface area (Å²) in [4.78, 5) is 26.3. The van der Waals surface area contributed by atoms with E-state index in [0.717, 1.165) is 52.1 Å². The number of hydrogen-bond donors (Lipinski definition) is 1. The van der Waals surface area contributed by atoms with Gasteiger partial charge in [0.05, 0.1) is 11.5 Å². The molecule has 0 amide bonds. The Bertz CT molecular complexity index is 889. The molecule has 2 heterocycles. The molecule has 0 saturated carbocycles. The molecule has 1 atom stereocenters. The van der Waals surface area contributed by atoms with Crippen LogP contribution in [0.5, 0.6) is 0 Å². The Hall–Kier alpha value is -2.77. The van der Waals surface area contributed by atoms with Crippen LogP contribution in [0.15, 0.2) is 48.5 Å². The van der Waals surface area contributed by atoms with E-state index in [-0.39, 0.29) is 17.5 Å². The van der Waals surface area contributed by atoms with E-state index in [0.29, 0.717) is 22.7 Å². The van der Waals surface area contributed by atoms with E-state index < -0.39 is 4.92 Å². The number of ether oxygens (including phenoxy) is 1. The molecule has 1 N–H and O–H groups in total. The van der Waals surface area contributed by atoms with Crippen LogP contribution in [0.3, 0.4) is 0 Å². The quantitative estimate of drug-likeness (QED) is 0.426. The number of nitrogens with one attached hydrogen (secondary N) is 1. The van der Waals surface area contributed by atoms with Crippen LogP contribution in [-0.4, -0.2) is 54.5 Å². The summed E-state index contributed by atoms with van der Waals surface area (Å²) in [5, 5.41) is 15.0. The summed E-state index contributed by atoms with van der Waals surface area (Å²) < 4.78 is 5.46. The van der Waals surface area contributed by atoms with Gasteiger partial charge in [0.1, 0.15) is 5.69 Å². The second kappa shape index (κ2) is 9.36. The summed E-state index contributed by atoms with van der Waals surface area (Å²) in [6.07, 6.45) is 3.02. The smallest absolute Gasteiger partial charge is 0.293 e. The normalized spacial score (nSPS) is 20.2. The van der Waals surface area contributed by atoms with Gasteiger partial charge in [-0.3, -0.25) is 14.9 Å². The number of hydrogen-bond acceptors (Lipinski definition) is 6.